The lowest BCUT2D eigenvalue weighted by atomic mass is 9.68. The van der Waals surface area contributed by atoms with Gasteiger partial charge in [0.2, 0.25) is 0 Å². The molecule has 98 valence electrons. The molecule has 3 nitrogen and oxygen atoms in total. The number of aliphatic imine (C=N–C) groups is 1. The predicted octanol–water partition coefficient (Wildman–Crippen LogP) is 3.60. The van der Waals surface area contributed by atoms with Crippen LogP contribution in [0.25, 0.3) is 0 Å². The van der Waals surface area contributed by atoms with Crippen LogP contribution in [0.4, 0.5) is 0 Å². The van der Waals surface area contributed by atoms with Crippen LogP contribution >= 0.6 is 0 Å². The van der Waals surface area contributed by atoms with Gasteiger partial charge in [-0.25, -0.2) is 5.01 Å². The summed E-state index contributed by atoms with van der Waals surface area (Å²) in [5.41, 5.74) is 1.05. The van der Waals surface area contributed by atoms with Crippen LogP contribution in [0.15, 0.2) is 34.0 Å². The summed E-state index contributed by atoms with van der Waals surface area (Å²) in [4.78, 5) is 4.51. The highest BCUT2D eigenvalue weighted by Crippen LogP contribution is 2.41. The number of nitrogens with zero attached hydrogens (tertiary/aromatic N) is 3. The summed E-state index contributed by atoms with van der Waals surface area (Å²) in [6, 6.07) is 0. The first-order valence-corrected chi connectivity index (χ1v) is 6.45. The first-order chi connectivity index (χ1) is 8.13. The SMILES string of the molecule is CC1(C)C=CC2=CC(C)(C(C)(C)C)C=NN2C=N1. The van der Waals surface area contributed by atoms with Crippen molar-refractivity contribution in [1.29, 1.82) is 0 Å². The summed E-state index contributed by atoms with van der Waals surface area (Å²) < 4.78 is 0. The lowest BCUT2D eigenvalue weighted by Gasteiger charge is -2.39. The second-order valence-corrected chi connectivity index (χ2v) is 6.92. The number of hydrogen-bond donors (Lipinski definition) is 0. The van der Waals surface area contributed by atoms with E-state index in [0.717, 1.165) is 5.70 Å². The Kier molecular flexibility index (Phi) is 2.76. The fraction of sp³-hybridized carbons (Fsp3) is 0.600. The molecule has 2 aliphatic heterocycles. The molecule has 18 heavy (non-hydrogen) atoms. The van der Waals surface area contributed by atoms with E-state index in [-0.39, 0.29) is 16.4 Å². The highest BCUT2D eigenvalue weighted by molar-refractivity contribution is 5.75. The van der Waals surface area contributed by atoms with Crippen molar-refractivity contribution in [3.8, 4) is 0 Å². The van der Waals surface area contributed by atoms with E-state index in [9.17, 15) is 0 Å². The van der Waals surface area contributed by atoms with E-state index in [2.05, 4.69) is 69.9 Å². The number of allylic oxidation sites excluding steroid dienone is 2. The molecule has 0 spiro atoms. The molecule has 0 bridgehead atoms. The summed E-state index contributed by atoms with van der Waals surface area (Å²) in [6.07, 6.45) is 10.4. The molecule has 0 aliphatic carbocycles. The van der Waals surface area contributed by atoms with E-state index in [4.69, 9.17) is 0 Å². The van der Waals surface area contributed by atoms with E-state index in [1.807, 2.05) is 17.6 Å². The monoisotopic (exact) mass is 245 g/mol. The molecular formula is C15H23N3. The van der Waals surface area contributed by atoms with Crippen molar-refractivity contribution in [2.45, 2.75) is 47.1 Å². The lowest BCUT2D eigenvalue weighted by Crippen LogP contribution is -2.37. The van der Waals surface area contributed by atoms with Crippen molar-refractivity contribution < 1.29 is 0 Å². The quantitative estimate of drug-likeness (QED) is 0.641. The molecule has 0 saturated heterocycles. The van der Waals surface area contributed by atoms with E-state index in [0.29, 0.717) is 0 Å². The molecule has 0 radical (unpaired) electrons. The Hall–Kier alpha value is -1.38. The molecule has 0 aromatic heterocycles. The summed E-state index contributed by atoms with van der Waals surface area (Å²) in [6.45, 7) is 13.1. The Morgan fingerprint density at radius 3 is 2.44 bits per heavy atom. The molecule has 1 atom stereocenters. The lowest BCUT2D eigenvalue weighted by molar-refractivity contribution is 0.245. The first-order valence-electron chi connectivity index (χ1n) is 6.45. The van der Waals surface area contributed by atoms with Gasteiger partial charge in [0.1, 0.15) is 6.34 Å². The van der Waals surface area contributed by atoms with Crippen LogP contribution in [-0.2, 0) is 0 Å². The Balaban J connectivity index is 2.43. The maximum atomic E-state index is 4.54. The van der Waals surface area contributed by atoms with Crippen molar-refractivity contribution in [2.24, 2.45) is 20.9 Å². The van der Waals surface area contributed by atoms with E-state index in [1.54, 1.807) is 0 Å². The summed E-state index contributed by atoms with van der Waals surface area (Å²) in [5, 5.41) is 6.38. The minimum Gasteiger partial charge on any atom is -0.263 e. The molecule has 0 aromatic carbocycles. The summed E-state index contributed by atoms with van der Waals surface area (Å²) in [5.74, 6) is 0. The smallest absolute Gasteiger partial charge is 0.113 e. The number of hydrazone groups is 1. The van der Waals surface area contributed by atoms with Crippen LogP contribution in [0, 0.1) is 10.8 Å². The van der Waals surface area contributed by atoms with E-state index >= 15 is 0 Å². The maximum absolute atomic E-state index is 4.54. The molecule has 0 fully saturated rings. The Labute approximate surface area is 110 Å². The van der Waals surface area contributed by atoms with Crippen LogP contribution < -0.4 is 0 Å². The van der Waals surface area contributed by atoms with Gasteiger partial charge in [0.05, 0.1) is 11.2 Å². The van der Waals surface area contributed by atoms with Crippen LogP contribution in [0.3, 0.4) is 0 Å². The minimum absolute atomic E-state index is 0.0362. The van der Waals surface area contributed by atoms with Gasteiger partial charge in [-0.1, -0.05) is 33.8 Å². The zero-order chi connectivity index (χ0) is 13.6. The third-order valence-corrected chi connectivity index (χ3v) is 3.94. The van der Waals surface area contributed by atoms with Crippen molar-refractivity contribution in [2.75, 3.05) is 0 Å². The van der Waals surface area contributed by atoms with Crippen LogP contribution in [0.1, 0.15) is 41.5 Å². The number of rotatable bonds is 0. The zero-order valence-corrected chi connectivity index (χ0v) is 12.2. The van der Waals surface area contributed by atoms with Gasteiger partial charge in [-0.05, 0) is 31.4 Å². The fourth-order valence-corrected chi connectivity index (χ4v) is 1.83. The molecule has 0 amide bonds. The van der Waals surface area contributed by atoms with Crippen molar-refractivity contribution >= 4 is 12.6 Å². The molecule has 2 heterocycles. The van der Waals surface area contributed by atoms with E-state index in [1.165, 1.54) is 0 Å². The third kappa shape index (κ3) is 2.26. The van der Waals surface area contributed by atoms with Gasteiger partial charge in [0, 0.05) is 11.6 Å². The average molecular weight is 245 g/mol. The zero-order valence-electron chi connectivity index (χ0n) is 12.2. The predicted molar refractivity (Wildman–Crippen MR) is 77.7 cm³/mol. The summed E-state index contributed by atoms with van der Waals surface area (Å²) in [7, 11) is 0. The largest absolute Gasteiger partial charge is 0.263 e. The minimum atomic E-state index is -0.161. The Morgan fingerprint density at radius 1 is 1.17 bits per heavy atom. The summed E-state index contributed by atoms with van der Waals surface area (Å²) >= 11 is 0. The fourth-order valence-electron chi connectivity index (χ4n) is 1.83. The van der Waals surface area contributed by atoms with Gasteiger partial charge in [-0.3, -0.25) is 4.99 Å². The molecule has 2 rings (SSSR count). The number of hydrogen-bond acceptors (Lipinski definition) is 3. The second kappa shape index (κ2) is 3.81. The molecule has 2 aliphatic rings. The topological polar surface area (TPSA) is 28.0 Å². The van der Waals surface area contributed by atoms with E-state index < -0.39 is 0 Å². The van der Waals surface area contributed by atoms with Gasteiger partial charge in [-0.2, -0.15) is 5.10 Å². The molecule has 3 heteroatoms. The van der Waals surface area contributed by atoms with Crippen molar-refractivity contribution in [1.82, 2.24) is 5.01 Å². The molecule has 0 saturated carbocycles. The highest BCUT2D eigenvalue weighted by atomic mass is 15.5. The van der Waals surface area contributed by atoms with Crippen LogP contribution in [0.5, 0.6) is 0 Å². The molecule has 0 aromatic rings. The first kappa shape index (κ1) is 13.1. The molecule has 1 unspecified atom stereocenters. The molecular weight excluding hydrogens is 222 g/mol. The number of fused-ring (bicyclic) bond motifs is 1. The highest BCUT2D eigenvalue weighted by Gasteiger charge is 2.37. The normalized spacial score (nSPS) is 29.9. The van der Waals surface area contributed by atoms with Gasteiger partial charge < -0.3 is 0 Å². The average Bonchev–Trinajstić information content (AvgIpc) is 2.37. The Bertz CT molecular complexity index is 461. The van der Waals surface area contributed by atoms with Gasteiger partial charge in [0.15, 0.2) is 0 Å². The Morgan fingerprint density at radius 2 is 1.83 bits per heavy atom. The third-order valence-electron chi connectivity index (χ3n) is 3.94. The van der Waals surface area contributed by atoms with Crippen LogP contribution in [-0.4, -0.2) is 23.1 Å². The van der Waals surface area contributed by atoms with Crippen molar-refractivity contribution in [3.05, 3.63) is 23.9 Å². The maximum Gasteiger partial charge on any atom is 0.113 e. The molecule has 0 N–H and O–H groups in total. The van der Waals surface area contributed by atoms with Gasteiger partial charge >= 0.3 is 0 Å². The second-order valence-electron chi connectivity index (χ2n) is 6.92. The standard InChI is InChI=1S/C15H23N3/c1-13(2,3)15(6)9-12-7-8-14(4,5)16-11-18(12)17-10-15/h7-11H,1-6H3. The van der Waals surface area contributed by atoms with Gasteiger partial charge in [-0.15, -0.1) is 0 Å². The van der Waals surface area contributed by atoms with Gasteiger partial charge in [0.25, 0.3) is 0 Å². The van der Waals surface area contributed by atoms with Crippen molar-refractivity contribution in [3.63, 3.8) is 0 Å². The van der Waals surface area contributed by atoms with Crippen LogP contribution in [0.2, 0.25) is 0 Å².